The van der Waals surface area contributed by atoms with Crippen LogP contribution in [0.3, 0.4) is 0 Å². The van der Waals surface area contributed by atoms with Crippen molar-refractivity contribution in [1.82, 2.24) is 4.37 Å². The van der Waals surface area contributed by atoms with E-state index in [-0.39, 0.29) is 6.04 Å². The predicted octanol–water partition coefficient (Wildman–Crippen LogP) is 1.88. The lowest BCUT2D eigenvalue weighted by Crippen LogP contribution is -2.20. The number of rotatable bonds is 2. The van der Waals surface area contributed by atoms with E-state index < -0.39 is 0 Å². The lowest BCUT2D eigenvalue weighted by atomic mass is 9.96. The smallest absolute Gasteiger partial charge is 0.0551 e. The number of nitrogens with two attached hydrogens (primary N) is 1. The van der Waals surface area contributed by atoms with Gasteiger partial charge in [-0.05, 0) is 37.9 Å². The zero-order valence-electron chi connectivity index (χ0n) is 8.56. The second-order valence-electron chi connectivity index (χ2n) is 4.04. The molecular weight excluding hydrogens is 196 g/mol. The molecule has 3 unspecified atom stereocenters. The first kappa shape index (κ1) is 10.1. The number of aryl methyl sites for hydroxylation is 1. The van der Waals surface area contributed by atoms with Crippen molar-refractivity contribution in [2.45, 2.75) is 32.4 Å². The molecule has 0 saturated carbocycles. The van der Waals surface area contributed by atoms with Crippen molar-refractivity contribution in [2.75, 3.05) is 6.61 Å². The van der Waals surface area contributed by atoms with Gasteiger partial charge in [-0.1, -0.05) is 0 Å². The fourth-order valence-corrected chi connectivity index (χ4v) is 2.71. The molecule has 78 valence electrons. The fourth-order valence-electron chi connectivity index (χ4n) is 1.87. The van der Waals surface area contributed by atoms with Crippen molar-refractivity contribution in [3.05, 3.63) is 16.6 Å². The normalized spacial score (nSPS) is 29.4. The second-order valence-corrected chi connectivity index (χ2v) is 4.87. The molecule has 1 aromatic rings. The standard InChI is InChI=1S/C10H16N2OS/c1-6-3-9(14-12-6)10(11)8-4-7(2)13-5-8/h3,7-8,10H,4-5,11H2,1-2H3. The van der Waals surface area contributed by atoms with E-state index >= 15 is 0 Å². The Morgan fingerprint density at radius 1 is 1.71 bits per heavy atom. The van der Waals surface area contributed by atoms with E-state index in [0.717, 1.165) is 18.7 Å². The zero-order valence-corrected chi connectivity index (χ0v) is 9.38. The predicted molar refractivity (Wildman–Crippen MR) is 57.3 cm³/mol. The van der Waals surface area contributed by atoms with Crippen molar-refractivity contribution in [2.24, 2.45) is 11.7 Å². The van der Waals surface area contributed by atoms with Crippen molar-refractivity contribution >= 4 is 11.5 Å². The van der Waals surface area contributed by atoms with E-state index in [1.807, 2.05) is 6.92 Å². The summed E-state index contributed by atoms with van der Waals surface area (Å²) in [5.41, 5.74) is 7.23. The number of hydrogen-bond donors (Lipinski definition) is 1. The Morgan fingerprint density at radius 2 is 2.50 bits per heavy atom. The summed E-state index contributed by atoms with van der Waals surface area (Å²) in [7, 11) is 0. The van der Waals surface area contributed by atoms with Crippen LogP contribution in [0, 0.1) is 12.8 Å². The molecule has 0 amide bonds. The number of hydrogen-bond acceptors (Lipinski definition) is 4. The summed E-state index contributed by atoms with van der Waals surface area (Å²) in [5, 5.41) is 0. The van der Waals surface area contributed by atoms with Crippen LogP contribution in [0.1, 0.15) is 30.0 Å². The van der Waals surface area contributed by atoms with Crippen LogP contribution in [-0.2, 0) is 4.74 Å². The topological polar surface area (TPSA) is 48.1 Å². The molecule has 0 aliphatic carbocycles. The lowest BCUT2D eigenvalue weighted by Gasteiger charge is -2.14. The van der Waals surface area contributed by atoms with Crippen molar-refractivity contribution in [3.8, 4) is 0 Å². The molecule has 0 bridgehead atoms. The van der Waals surface area contributed by atoms with Gasteiger partial charge in [0.25, 0.3) is 0 Å². The number of nitrogens with zero attached hydrogens (tertiary/aromatic N) is 1. The minimum atomic E-state index is 0.103. The van der Waals surface area contributed by atoms with Crippen LogP contribution in [0.5, 0.6) is 0 Å². The van der Waals surface area contributed by atoms with Crippen LogP contribution in [0.25, 0.3) is 0 Å². The van der Waals surface area contributed by atoms with Gasteiger partial charge in [-0.25, -0.2) is 0 Å². The Bertz CT molecular complexity index is 313. The Morgan fingerprint density at radius 3 is 3.00 bits per heavy atom. The molecule has 3 nitrogen and oxygen atoms in total. The van der Waals surface area contributed by atoms with Crippen LogP contribution in [0.4, 0.5) is 0 Å². The van der Waals surface area contributed by atoms with E-state index in [1.165, 1.54) is 16.4 Å². The van der Waals surface area contributed by atoms with Crippen LogP contribution in [0.15, 0.2) is 6.07 Å². The molecule has 1 aromatic heterocycles. The number of aromatic nitrogens is 1. The van der Waals surface area contributed by atoms with Gasteiger partial charge < -0.3 is 10.5 Å². The maximum absolute atomic E-state index is 6.17. The quantitative estimate of drug-likeness (QED) is 0.814. The Kier molecular flexibility index (Phi) is 2.85. The highest BCUT2D eigenvalue weighted by molar-refractivity contribution is 7.05. The van der Waals surface area contributed by atoms with Crippen LogP contribution in [0.2, 0.25) is 0 Å². The Balaban J connectivity index is 2.05. The molecule has 0 radical (unpaired) electrons. The first-order valence-electron chi connectivity index (χ1n) is 4.97. The van der Waals surface area contributed by atoms with E-state index in [4.69, 9.17) is 10.5 Å². The zero-order chi connectivity index (χ0) is 10.1. The van der Waals surface area contributed by atoms with E-state index in [0.29, 0.717) is 12.0 Å². The Labute approximate surface area is 88.4 Å². The van der Waals surface area contributed by atoms with Crippen LogP contribution < -0.4 is 5.73 Å². The summed E-state index contributed by atoms with van der Waals surface area (Å²) in [6, 6.07) is 2.18. The summed E-state index contributed by atoms with van der Waals surface area (Å²) in [5.74, 6) is 0.463. The van der Waals surface area contributed by atoms with Gasteiger partial charge in [0.05, 0.1) is 18.4 Å². The van der Waals surface area contributed by atoms with Gasteiger partial charge in [0, 0.05) is 16.8 Å². The second kappa shape index (κ2) is 3.96. The van der Waals surface area contributed by atoms with Crippen molar-refractivity contribution in [3.63, 3.8) is 0 Å². The third-order valence-electron chi connectivity index (χ3n) is 2.71. The molecule has 3 atom stereocenters. The summed E-state index contributed by atoms with van der Waals surface area (Å²) >= 11 is 1.52. The van der Waals surface area contributed by atoms with Gasteiger partial charge in [-0.15, -0.1) is 0 Å². The van der Waals surface area contributed by atoms with Gasteiger partial charge >= 0.3 is 0 Å². The summed E-state index contributed by atoms with van der Waals surface area (Å²) < 4.78 is 9.77. The molecule has 1 aliphatic heterocycles. The Hall–Kier alpha value is -0.450. The molecular formula is C10H16N2OS. The minimum absolute atomic E-state index is 0.103. The van der Waals surface area contributed by atoms with Crippen molar-refractivity contribution < 1.29 is 4.74 Å². The molecule has 14 heavy (non-hydrogen) atoms. The van der Waals surface area contributed by atoms with Gasteiger partial charge in [-0.2, -0.15) is 4.37 Å². The average Bonchev–Trinajstić information content (AvgIpc) is 2.73. The first-order chi connectivity index (χ1) is 6.66. The van der Waals surface area contributed by atoms with Gasteiger partial charge in [0.15, 0.2) is 0 Å². The highest BCUT2D eigenvalue weighted by Crippen LogP contribution is 2.31. The van der Waals surface area contributed by atoms with Gasteiger partial charge in [0.2, 0.25) is 0 Å². The van der Waals surface area contributed by atoms with E-state index in [2.05, 4.69) is 17.4 Å². The van der Waals surface area contributed by atoms with Crippen LogP contribution in [-0.4, -0.2) is 17.1 Å². The SMILES string of the molecule is Cc1cc(C(N)C2COC(C)C2)sn1. The summed E-state index contributed by atoms with van der Waals surface area (Å²) in [6.45, 7) is 4.89. The molecule has 0 aromatic carbocycles. The molecule has 1 aliphatic rings. The molecule has 4 heteroatoms. The summed E-state index contributed by atoms with van der Waals surface area (Å²) in [6.07, 6.45) is 1.43. The van der Waals surface area contributed by atoms with E-state index in [9.17, 15) is 0 Å². The molecule has 2 rings (SSSR count). The molecule has 2 N–H and O–H groups in total. The molecule has 1 fully saturated rings. The molecule has 0 spiro atoms. The summed E-state index contributed by atoms with van der Waals surface area (Å²) in [4.78, 5) is 1.19. The average molecular weight is 212 g/mol. The van der Waals surface area contributed by atoms with Crippen molar-refractivity contribution in [1.29, 1.82) is 0 Å². The highest BCUT2D eigenvalue weighted by atomic mass is 32.1. The molecule has 1 saturated heterocycles. The third-order valence-corrected chi connectivity index (χ3v) is 3.69. The molecule has 2 heterocycles. The van der Waals surface area contributed by atoms with E-state index in [1.54, 1.807) is 0 Å². The fraction of sp³-hybridized carbons (Fsp3) is 0.700. The monoisotopic (exact) mass is 212 g/mol. The lowest BCUT2D eigenvalue weighted by molar-refractivity contribution is 0.118. The largest absolute Gasteiger partial charge is 0.378 e. The highest BCUT2D eigenvalue weighted by Gasteiger charge is 2.29. The third kappa shape index (κ3) is 1.97. The maximum Gasteiger partial charge on any atom is 0.0551 e. The number of ether oxygens (including phenoxy) is 1. The maximum atomic E-state index is 6.17. The van der Waals surface area contributed by atoms with Gasteiger partial charge in [0.1, 0.15) is 0 Å². The minimum Gasteiger partial charge on any atom is -0.378 e. The first-order valence-corrected chi connectivity index (χ1v) is 5.74. The van der Waals surface area contributed by atoms with Gasteiger partial charge in [-0.3, -0.25) is 0 Å². The van der Waals surface area contributed by atoms with Crippen LogP contribution >= 0.6 is 11.5 Å².